The molecule has 148 valence electrons. The molecule has 3 unspecified atom stereocenters. The lowest BCUT2D eigenvalue weighted by Crippen LogP contribution is -2.45. The van der Waals surface area contributed by atoms with Crippen LogP contribution in [0.2, 0.25) is 0 Å². The highest BCUT2D eigenvalue weighted by Crippen LogP contribution is 2.40. The number of nitro groups is 1. The van der Waals surface area contributed by atoms with Crippen LogP contribution in [0.15, 0.2) is 12.1 Å². The molecular formula is C17H22N2O8. The van der Waals surface area contributed by atoms with Crippen LogP contribution in [-0.4, -0.2) is 41.5 Å². The molecular weight excluding hydrogens is 360 g/mol. The van der Waals surface area contributed by atoms with Crippen molar-refractivity contribution in [2.75, 3.05) is 13.4 Å². The van der Waals surface area contributed by atoms with Crippen molar-refractivity contribution in [3.63, 3.8) is 0 Å². The summed E-state index contributed by atoms with van der Waals surface area (Å²) in [4.78, 5) is 34.0. The van der Waals surface area contributed by atoms with Gasteiger partial charge in [-0.25, -0.2) is 9.59 Å². The maximum Gasteiger partial charge on any atom is 0.407 e. The number of carbonyl (C=O) groups excluding carboxylic acids is 1. The zero-order chi connectivity index (χ0) is 20.1. The van der Waals surface area contributed by atoms with E-state index in [1.54, 1.807) is 13.8 Å². The fourth-order valence-electron chi connectivity index (χ4n) is 2.64. The van der Waals surface area contributed by atoms with E-state index in [2.05, 4.69) is 5.32 Å². The molecule has 1 aliphatic rings. The first-order chi connectivity index (χ1) is 12.7. The lowest BCUT2D eigenvalue weighted by atomic mass is 9.99. The molecule has 2 N–H and O–H groups in total. The Morgan fingerprint density at radius 1 is 1.33 bits per heavy atom. The van der Waals surface area contributed by atoms with Crippen LogP contribution < -0.4 is 14.8 Å². The fraction of sp³-hybridized carbons (Fsp3) is 0.529. The van der Waals surface area contributed by atoms with Crippen LogP contribution in [0.1, 0.15) is 38.7 Å². The Morgan fingerprint density at radius 2 is 1.96 bits per heavy atom. The molecule has 1 amide bonds. The normalized spacial score (nSPS) is 15.5. The van der Waals surface area contributed by atoms with Gasteiger partial charge in [0.05, 0.1) is 11.0 Å². The number of amides is 1. The van der Waals surface area contributed by atoms with E-state index in [-0.39, 0.29) is 30.8 Å². The van der Waals surface area contributed by atoms with Crippen molar-refractivity contribution in [3.05, 3.63) is 27.8 Å². The first-order valence-electron chi connectivity index (χ1n) is 8.48. The highest BCUT2D eigenvalue weighted by Gasteiger charge is 2.28. The fourth-order valence-corrected chi connectivity index (χ4v) is 2.64. The Kier molecular flexibility index (Phi) is 6.43. The second kappa shape index (κ2) is 8.56. The molecule has 27 heavy (non-hydrogen) atoms. The summed E-state index contributed by atoms with van der Waals surface area (Å²) in [6.07, 6.45) is -0.324. The maximum atomic E-state index is 11.9. The lowest BCUT2D eigenvalue weighted by Gasteiger charge is -2.20. The summed E-state index contributed by atoms with van der Waals surface area (Å²) >= 11 is 0. The van der Waals surface area contributed by atoms with Gasteiger partial charge in [-0.1, -0.05) is 27.2 Å². The van der Waals surface area contributed by atoms with Crippen LogP contribution in [0.25, 0.3) is 0 Å². The Bertz CT molecular complexity index is 736. The highest BCUT2D eigenvalue weighted by atomic mass is 16.7. The molecule has 0 aliphatic carbocycles. The second-order valence-electron chi connectivity index (χ2n) is 6.37. The number of nitro benzene ring substituents is 1. The van der Waals surface area contributed by atoms with Gasteiger partial charge in [-0.2, -0.15) is 0 Å². The number of nitrogens with zero attached hydrogens (tertiary/aromatic N) is 1. The van der Waals surface area contributed by atoms with Crippen molar-refractivity contribution in [3.8, 4) is 11.5 Å². The van der Waals surface area contributed by atoms with Gasteiger partial charge in [0.15, 0.2) is 11.5 Å². The van der Waals surface area contributed by atoms with Crippen LogP contribution in [0.4, 0.5) is 10.5 Å². The number of nitrogens with one attached hydrogen (secondary N) is 1. The Balaban J connectivity index is 2.05. The molecule has 1 aromatic rings. The molecule has 0 spiro atoms. The molecule has 0 aromatic heterocycles. The number of ether oxygens (including phenoxy) is 3. The van der Waals surface area contributed by atoms with Gasteiger partial charge in [-0.15, -0.1) is 0 Å². The molecule has 0 fully saturated rings. The zero-order valence-corrected chi connectivity index (χ0v) is 15.3. The quantitative estimate of drug-likeness (QED) is 0.517. The number of hydrogen-bond donors (Lipinski definition) is 2. The third-order valence-electron chi connectivity index (χ3n) is 4.47. The Hall–Kier alpha value is -3.04. The smallest absolute Gasteiger partial charge is 0.407 e. The Labute approximate surface area is 155 Å². The predicted molar refractivity (Wildman–Crippen MR) is 93.0 cm³/mol. The molecule has 0 saturated carbocycles. The number of carboxylic acids is 1. The van der Waals surface area contributed by atoms with Crippen LogP contribution in [0.5, 0.6) is 11.5 Å². The first kappa shape index (κ1) is 20.3. The van der Waals surface area contributed by atoms with E-state index in [0.717, 1.165) is 0 Å². The largest absolute Gasteiger partial charge is 0.480 e. The minimum Gasteiger partial charge on any atom is -0.480 e. The topological polar surface area (TPSA) is 137 Å². The number of carbonyl (C=O) groups is 2. The minimum absolute atomic E-state index is 0.0184. The van der Waals surface area contributed by atoms with E-state index in [9.17, 15) is 24.8 Å². The molecule has 1 aliphatic heterocycles. The summed E-state index contributed by atoms with van der Waals surface area (Å²) in [5.41, 5.74) is 0.160. The van der Waals surface area contributed by atoms with E-state index >= 15 is 0 Å². The van der Waals surface area contributed by atoms with Crippen LogP contribution in [0, 0.1) is 16.0 Å². The van der Waals surface area contributed by atoms with E-state index in [4.69, 9.17) is 14.2 Å². The van der Waals surface area contributed by atoms with Gasteiger partial charge in [0.25, 0.3) is 5.69 Å². The van der Waals surface area contributed by atoms with Crippen LogP contribution >= 0.6 is 0 Å². The molecule has 2 rings (SSSR count). The standard InChI is InChI=1S/C17H22N2O8/c1-4-9(2)15(16(20)21)18-17(22)25-7-10(3)11-5-13-14(27-8-26-13)6-12(11)19(23)24/h5-6,9-10,15H,4,7-8H2,1-3H3,(H,18,22)(H,20,21). The van der Waals surface area contributed by atoms with Gasteiger partial charge in [-0.3, -0.25) is 10.1 Å². The van der Waals surface area contributed by atoms with Gasteiger partial charge in [0.2, 0.25) is 6.79 Å². The summed E-state index contributed by atoms with van der Waals surface area (Å²) in [6.45, 7) is 4.99. The third kappa shape index (κ3) is 4.78. The van der Waals surface area contributed by atoms with Crippen molar-refractivity contribution in [1.82, 2.24) is 5.32 Å². The number of rotatable bonds is 8. The van der Waals surface area contributed by atoms with Crippen molar-refractivity contribution in [2.45, 2.75) is 39.2 Å². The number of benzene rings is 1. The molecule has 3 atom stereocenters. The number of carboxylic acid groups (broad SMARTS) is 1. The summed E-state index contributed by atoms with van der Waals surface area (Å²) in [7, 11) is 0. The summed E-state index contributed by atoms with van der Waals surface area (Å²) in [5, 5.41) is 22.8. The van der Waals surface area contributed by atoms with E-state index in [0.29, 0.717) is 17.7 Å². The molecule has 1 aromatic carbocycles. The highest BCUT2D eigenvalue weighted by molar-refractivity contribution is 5.80. The predicted octanol–water partition coefficient (Wildman–Crippen LogP) is 2.65. The maximum absolute atomic E-state index is 11.9. The van der Waals surface area contributed by atoms with Gasteiger partial charge < -0.3 is 24.6 Å². The lowest BCUT2D eigenvalue weighted by molar-refractivity contribution is -0.385. The molecule has 0 saturated heterocycles. The van der Waals surface area contributed by atoms with E-state index in [1.807, 2.05) is 6.92 Å². The number of fused-ring (bicyclic) bond motifs is 1. The molecule has 1 heterocycles. The molecule has 0 radical (unpaired) electrons. The van der Waals surface area contributed by atoms with E-state index in [1.165, 1.54) is 12.1 Å². The average Bonchev–Trinajstić information content (AvgIpc) is 3.09. The second-order valence-corrected chi connectivity index (χ2v) is 6.37. The number of hydrogen-bond acceptors (Lipinski definition) is 7. The monoisotopic (exact) mass is 382 g/mol. The minimum atomic E-state index is -1.15. The molecule has 10 nitrogen and oxygen atoms in total. The van der Waals surface area contributed by atoms with Crippen molar-refractivity contribution >= 4 is 17.7 Å². The van der Waals surface area contributed by atoms with Crippen molar-refractivity contribution < 1.29 is 33.8 Å². The van der Waals surface area contributed by atoms with Gasteiger partial charge >= 0.3 is 12.1 Å². The molecule has 0 bridgehead atoms. The number of aliphatic carboxylic acids is 1. The van der Waals surface area contributed by atoms with Crippen molar-refractivity contribution in [1.29, 1.82) is 0 Å². The molecule has 10 heteroatoms. The number of alkyl carbamates (subject to hydrolysis) is 1. The first-order valence-corrected chi connectivity index (χ1v) is 8.48. The van der Waals surface area contributed by atoms with Crippen LogP contribution in [0.3, 0.4) is 0 Å². The van der Waals surface area contributed by atoms with E-state index < -0.39 is 28.9 Å². The Morgan fingerprint density at radius 3 is 2.52 bits per heavy atom. The summed E-state index contributed by atoms with van der Waals surface area (Å²) < 4.78 is 15.5. The average molecular weight is 382 g/mol. The van der Waals surface area contributed by atoms with Crippen molar-refractivity contribution in [2.24, 2.45) is 5.92 Å². The summed E-state index contributed by atoms with van der Waals surface area (Å²) in [5.74, 6) is -1.27. The SMILES string of the molecule is CCC(C)C(NC(=O)OCC(C)c1cc2c(cc1[N+](=O)[O-])OCO2)C(=O)O. The van der Waals surface area contributed by atoms with Gasteiger partial charge in [0, 0.05) is 11.5 Å². The third-order valence-corrected chi connectivity index (χ3v) is 4.47. The van der Waals surface area contributed by atoms with Crippen LogP contribution in [-0.2, 0) is 9.53 Å². The zero-order valence-electron chi connectivity index (χ0n) is 15.3. The van der Waals surface area contributed by atoms with Gasteiger partial charge in [-0.05, 0) is 12.0 Å². The van der Waals surface area contributed by atoms with Gasteiger partial charge in [0.1, 0.15) is 12.6 Å². The summed E-state index contributed by atoms with van der Waals surface area (Å²) in [6, 6.07) is 1.70.